The van der Waals surface area contributed by atoms with Crippen LogP contribution in [0.1, 0.15) is 18.1 Å². The van der Waals surface area contributed by atoms with Crippen molar-refractivity contribution in [2.45, 2.75) is 6.92 Å². The lowest BCUT2D eigenvalue weighted by atomic mass is 10.1. The first kappa shape index (κ1) is 18.2. The van der Waals surface area contributed by atoms with E-state index >= 15 is 0 Å². The summed E-state index contributed by atoms with van der Waals surface area (Å²) in [6.45, 7) is 1.43. The quantitative estimate of drug-likeness (QED) is 0.649. The summed E-state index contributed by atoms with van der Waals surface area (Å²) in [5, 5.41) is 2.67. The number of anilines is 1. The third kappa shape index (κ3) is 4.14. The second kappa shape index (κ2) is 7.74. The monoisotopic (exact) mass is 366 g/mol. The van der Waals surface area contributed by atoms with Gasteiger partial charge in [0.1, 0.15) is 0 Å². The van der Waals surface area contributed by atoms with E-state index in [2.05, 4.69) is 10.3 Å². The summed E-state index contributed by atoms with van der Waals surface area (Å²) < 4.78 is 15.7. The average Bonchev–Trinajstić information content (AvgIpc) is 3.02. The van der Waals surface area contributed by atoms with Crippen LogP contribution in [0.2, 0.25) is 0 Å². The van der Waals surface area contributed by atoms with Gasteiger partial charge in [-0.25, -0.2) is 9.79 Å². The van der Waals surface area contributed by atoms with Crippen molar-refractivity contribution in [2.24, 2.45) is 4.99 Å². The van der Waals surface area contributed by atoms with Crippen molar-refractivity contribution in [3.63, 3.8) is 0 Å². The molecule has 7 heteroatoms. The number of cyclic esters (lactones) is 1. The number of ether oxygens (including phenoxy) is 3. The molecule has 1 heterocycles. The van der Waals surface area contributed by atoms with Crippen molar-refractivity contribution in [3.8, 4) is 11.5 Å². The minimum absolute atomic E-state index is 0.160. The molecule has 0 aliphatic carbocycles. The Balaban J connectivity index is 1.85. The Hall–Kier alpha value is -3.61. The molecule has 0 radical (unpaired) electrons. The second-order valence-corrected chi connectivity index (χ2v) is 5.71. The number of aliphatic imine (C=N–C) groups is 1. The molecule has 0 fully saturated rings. The normalized spacial score (nSPS) is 14.6. The molecule has 0 aromatic heterocycles. The zero-order valence-corrected chi connectivity index (χ0v) is 15.1. The van der Waals surface area contributed by atoms with Gasteiger partial charge in [0.15, 0.2) is 17.2 Å². The minimum Gasteiger partial charge on any atom is -0.493 e. The first-order valence-corrected chi connectivity index (χ1v) is 8.13. The zero-order chi connectivity index (χ0) is 19.4. The van der Waals surface area contributed by atoms with Crippen LogP contribution in [0.5, 0.6) is 11.5 Å². The highest BCUT2D eigenvalue weighted by molar-refractivity contribution is 6.13. The van der Waals surface area contributed by atoms with Crippen LogP contribution >= 0.6 is 0 Å². The average molecular weight is 366 g/mol. The van der Waals surface area contributed by atoms with E-state index in [0.717, 1.165) is 5.56 Å². The number of carbonyl (C=O) groups is 2. The zero-order valence-electron chi connectivity index (χ0n) is 15.1. The largest absolute Gasteiger partial charge is 0.493 e. The van der Waals surface area contributed by atoms with Crippen LogP contribution < -0.4 is 14.8 Å². The molecule has 0 bridgehead atoms. The first-order chi connectivity index (χ1) is 13.0. The number of nitrogens with zero attached hydrogens (tertiary/aromatic N) is 1. The molecule has 7 nitrogen and oxygen atoms in total. The fourth-order valence-electron chi connectivity index (χ4n) is 2.53. The minimum atomic E-state index is -0.536. The van der Waals surface area contributed by atoms with Gasteiger partial charge in [-0.05, 0) is 48.0 Å². The van der Waals surface area contributed by atoms with Crippen LogP contribution in [0.25, 0.3) is 6.08 Å². The number of hydrogen-bond acceptors (Lipinski definition) is 6. The summed E-state index contributed by atoms with van der Waals surface area (Å²) in [7, 11) is 3.09. The Kier molecular flexibility index (Phi) is 5.21. The maximum Gasteiger partial charge on any atom is 0.363 e. The lowest BCUT2D eigenvalue weighted by Gasteiger charge is -2.07. The van der Waals surface area contributed by atoms with Crippen LogP contribution in [0, 0.1) is 0 Å². The van der Waals surface area contributed by atoms with Crippen molar-refractivity contribution in [2.75, 3.05) is 19.5 Å². The summed E-state index contributed by atoms with van der Waals surface area (Å²) >= 11 is 0. The molecular weight excluding hydrogens is 348 g/mol. The van der Waals surface area contributed by atoms with Crippen molar-refractivity contribution in [1.29, 1.82) is 0 Å². The number of rotatable bonds is 5. The topological polar surface area (TPSA) is 86.2 Å². The predicted molar refractivity (Wildman–Crippen MR) is 101 cm³/mol. The highest BCUT2D eigenvalue weighted by Crippen LogP contribution is 2.29. The fourth-order valence-corrected chi connectivity index (χ4v) is 2.53. The molecule has 0 atom stereocenters. The predicted octanol–water partition coefficient (Wildman–Crippen LogP) is 3.01. The van der Waals surface area contributed by atoms with Crippen LogP contribution in [-0.2, 0) is 14.3 Å². The van der Waals surface area contributed by atoms with E-state index in [1.807, 2.05) is 0 Å². The van der Waals surface area contributed by atoms with Crippen molar-refractivity contribution in [1.82, 2.24) is 0 Å². The third-order valence-corrected chi connectivity index (χ3v) is 3.78. The number of nitrogens with one attached hydrogen (secondary N) is 1. The summed E-state index contributed by atoms with van der Waals surface area (Å²) in [5.74, 6) is 0.660. The number of methoxy groups -OCH3 is 2. The molecule has 0 spiro atoms. The maximum atomic E-state index is 12.1. The lowest BCUT2D eigenvalue weighted by Crippen LogP contribution is -2.07. The molecule has 1 aliphatic heterocycles. The Morgan fingerprint density at radius 1 is 1.07 bits per heavy atom. The second-order valence-electron chi connectivity index (χ2n) is 5.71. The van der Waals surface area contributed by atoms with E-state index in [1.54, 1.807) is 62.8 Å². The van der Waals surface area contributed by atoms with Gasteiger partial charge in [-0.15, -0.1) is 0 Å². The molecule has 1 amide bonds. The van der Waals surface area contributed by atoms with Crippen molar-refractivity contribution in [3.05, 3.63) is 59.3 Å². The molecule has 138 valence electrons. The molecule has 1 N–H and O–H groups in total. The number of hydrogen-bond donors (Lipinski definition) is 1. The SMILES string of the molecule is COc1ccc(/C=C2\N=C(c3ccc(NC(C)=O)cc3)OC2=O)cc1OC. The molecule has 27 heavy (non-hydrogen) atoms. The highest BCUT2D eigenvalue weighted by atomic mass is 16.6. The molecular formula is C20H18N2O5. The first-order valence-electron chi connectivity index (χ1n) is 8.13. The number of benzene rings is 2. The Morgan fingerprint density at radius 3 is 2.41 bits per heavy atom. The van der Waals surface area contributed by atoms with E-state index in [0.29, 0.717) is 22.7 Å². The van der Waals surface area contributed by atoms with E-state index in [4.69, 9.17) is 14.2 Å². The molecule has 2 aromatic carbocycles. The van der Waals surface area contributed by atoms with Crippen LogP contribution in [0.4, 0.5) is 5.69 Å². The van der Waals surface area contributed by atoms with Gasteiger partial charge in [0.2, 0.25) is 11.8 Å². The smallest absolute Gasteiger partial charge is 0.363 e. The van der Waals surface area contributed by atoms with Gasteiger partial charge in [-0.2, -0.15) is 0 Å². The van der Waals surface area contributed by atoms with Gasteiger partial charge in [0.05, 0.1) is 14.2 Å². The molecule has 2 aromatic rings. The van der Waals surface area contributed by atoms with Gasteiger partial charge in [0.25, 0.3) is 0 Å². The van der Waals surface area contributed by atoms with Crippen LogP contribution in [0.3, 0.4) is 0 Å². The molecule has 3 rings (SSSR count). The Bertz CT molecular complexity index is 945. The van der Waals surface area contributed by atoms with Gasteiger partial charge in [0, 0.05) is 18.2 Å². The van der Waals surface area contributed by atoms with E-state index < -0.39 is 5.97 Å². The number of esters is 1. The lowest BCUT2D eigenvalue weighted by molar-refractivity contribution is -0.129. The molecule has 0 saturated carbocycles. The molecule has 0 saturated heterocycles. The van der Waals surface area contributed by atoms with Crippen LogP contribution in [-0.4, -0.2) is 32.0 Å². The Labute approximate surface area is 156 Å². The van der Waals surface area contributed by atoms with E-state index in [1.165, 1.54) is 6.92 Å². The maximum absolute atomic E-state index is 12.1. The summed E-state index contributed by atoms with van der Waals surface area (Å²) in [4.78, 5) is 27.5. The number of carbonyl (C=O) groups excluding carboxylic acids is 2. The third-order valence-electron chi connectivity index (χ3n) is 3.78. The summed E-state index contributed by atoms with van der Waals surface area (Å²) in [6.07, 6.45) is 1.61. The number of amides is 1. The van der Waals surface area contributed by atoms with E-state index in [9.17, 15) is 9.59 Å². The van der Waals surface area contributed by atoms with E-state index in [-0.39, 0.29) is 17.5 Å². The Morgan fingerprint density at radius 2 is 1.78 bits per heavy atom. The summed E-state index contributed by atoms with van der Waals surface area (Å²) in [6, 6.07) is 12.1. The van der Waals surface area contributed by atoms with Crippen LogP contribution in [0.15, 0.2) is 53.2 Å². The van der Waals surface area contributed by atoms with Crippen molar-refractivity contribution < 1.29 is 23.8 Å². The van der Waals surface area contributed by atoms with Gasteiger partial charge < -0.3 is 19.5 Å². The van der Waals surface area contributed by atoms with Crippen molar-refractivity contribution >= 4 is 29.5 Å². The van der Waals surface area contributed by atoms with Gasteiger partial charge >= 0.3 is 5.97 Å². The molecule has 1 aliphatic rings. The standard InChI is InChI=1S/C20H18N2O5/c1-12(23)21-15-7-5-14(6-8-15)19-22-16(20(24)27-19)10-13-4-9-17(25-2)18(11-13)26-3/h4-11H,1-3H3,(H,21,23)/b16-10-. The van der Waals surface area contributed by atoms with Gasteiger partial charge in [-0.3, -0.25) is 4.79 Å². The molecule has 0 unspecified atom stereocenters. The summed E-state index contributed by atoms with van der Waals surface area (Å²) in [5.41, 5.74) is 2.19. The fraction of sp³-hybridized carbons (Fsp3) is 0.150. The highest BCUT2D eigenvalue weighted by Gasteiger charge is 2.24. The van der Waals surface area contributed by atoms with Gasteiger partial charge in [-0.1, -0.05) is 6.07 Å².